The molecule has 0 saturated carbocycles. The van der Waals surface area contributed by atoms with E-state index in [2.05, 4.69) is 0 Å². The minimum atomic E-state index is -1.03. The van der Waals surface area contributed by atoms with E-state index in [9.17, 15) is 14.4 Å². The molecule has 2 rings (SSSR count). The number of carbonyl (C=O) groups is 3. The first-order valence-electron chi connectivity index (χ1n) is 4.87. The molecule has 0 N–H and O–H groups in total. The maximum Gasteiger partial charge on any atom is 0.285 e. The van der Waals surface area contributed by atoms with Crippen molar-refractivity contribution in [1.82, 2.24) is 5.06 Å². The average Bonchev–Trinajstić information content (AvgIpc) is 2.56. The molecule has 1 aromatic carbocycles. The highest BCUT2D eigenvalue weighted by atomic mass is 35.5. The van der Waals surface area contributed by atoms with Crippen LogP contribution in [0.2, 0.25) is 0 Å². The monoisotopic (exact) mass is 253 g/mol. The number of fused-ring (bicyclic) bond motifs is 1. The molecule has 1 aliphatic heterocycles. The number of carbonyl (C=O) groups excluding carboxylic acids is 3. The third-order valence-corrected chi connectivity index (χ3v) is 2.52. The number of aldehydes is 1. The van der Waals surface area contributed by atoms with Gasteiger partial charge in [0.05, 0.1) is 11.1 Å². The van der Waals surface area contributed by atoms with Crippen LogP contribution in [0.25, 0.3) is 0 Å². The van der Waals surface area contributed by atoms with Gasteiger partial charge in [0.2, 0.25) is 0 Å². The van der Waals surface area contributed by atoms with E-state index in [0.717, 1.165) is 0 Å². The van der Waals surface area contributed by atoms with Crippen molar-refractivity contribution in [3.05, 3.63) is 35.4 Å². The predicted octanol–water partition coefficient (Wildman–Crippen LogP) is 1.37. The second-order valence-electron chi connectivity index (χ2n) is 3.37. The Morgan fingerprint density at radius 3 is 2.24 bits per heavy atom. The highest BCUT2D eigenvalue weighted by molar-refractivity contribution is 6.22. The van der Waals surface area contributed by atoms with E-state index in [1.807, 2.05) is 0 Å². The third-order valence-electron chi connectivity index (χ3n) is 2.26. The first kappa shape index (κ1) is 11.8. The maximum absolute atomic E-state index is 11.8. The molecule has 2 amide bonds. The fourth-order valence-corrected chi connectivity index (χ4v) is 1.65. The Morgan fingerprint density at radius 2 is 1.76 bits per heavy atom. The van der Waals surface area contributed by atoms with Crippen LogP contribution < -0.4 is 0 Å². The minimum absolute atomic E-state index is 0.102. The molecule has 0 saturated heterocycles. The summed E-state index contributed by atoms with van der Waals surface area (Å²) in [5.74, 6) is -1.13. The second-order valence-corrected chi connectivity index (χ2v) is 3.85. The zero-order valence-corrected chi connectivity index (χ0v) is 9.39. The van der Waals surface area contributed by atoms with Gasteiger partial charge >= 0.3 is 0 Å². The van der Waals surface area contributed by atoms with Crippen LogP contribution in [0.15, 0.2) is 24.3 Å². The Morgan fingerprint density at radius 1 is 1.24 bits per heavy atom. The van der Waals surface area contributed by atoms with E-state index >= 15 is 0 Å². The molecule has 1 aromatic rings. The Labute approximate surface area is 102 Å². The number of imide groups is 1. The quantitative estimate of drug-likeness (QED) is 0.462. The zero-order chi connectivity index (χ0) is 12.4. The van der Waals surface area contributed by atoms with Crippen LogP contribution in [-0.2, 0) is 9.63 Å². The number of alkyl halides is 1. The summed E-state index contributed by atoms with van der Waals surface area (Å²) < 4.78 is 0. The molecule has 0 aromatic heterocycles. The Bertz CT molecular complexity index is 453. The van der Waals surface area contributed by atoms with Gasteiger partial charge in [-0.3, -0.25) is 9.59 Å². The SMILES string of the molecule is O=CCC(Cl)ON1C(=O)c2ccccc2C1=O. The van der Waals surface area contributed by atoms with Gasteiger partial charge < -0.3 is 4.79 Å². The van der Waals surface area contributed by atoms with Gasteiger partial charge in [-0.05, 0) is 12.1 Å². The molecule has 1 heterocycles. The first-order chi connectivity index (χ1) is 8.15. The van der Waals surface area contributed by atoms with Crippen LogP contribution in [0.3, 0.4) is 0 Å². The van der Waals surface area contributed by atoms with Gasteiger partial charge in [-0.15, -0.1) is 5.06 Å². The van der Waals surface area contributed by atoms with Gasteiger partial charge in [0.15, 0.2) is 5.56 Å². The summed E-state index contributed by atoms with van der Waals surface area (Å²) in [6.07, 6.45) is 0.449. The van der Waals surface area contributed by atoms with E-state index in [-0.39, 0.29) is 17.5 Å². The van der Waals surface area contributed by atoms with E-state index in [1.54, 1.807) is 12.1 Å². The number of amides is 2. The van der Waals surface area contributed by atoms with E-state index in [0.29, 0.717) is 11.3 Å². The summed E-state index contributed by atoms with van der Waals surface area (Å²) in [6, 6.07) is 6.36. The summed E-state index contributed by atoms with van der Waals surface area (Å²) in [5.41, 5.74) is -0.491. The molecule has 0 radical (unpaired) electrons. The van der Waals surface area contributed by atoms with Crippen LogP contribution in [0.1, 0.15) is 27.1 Å². The van der Waals surface area contributed by atoms with Crippen LogP contribution >= 0.6 is 11.6 Å². The van der Waals surface area contributed by atoms with Crippen molar-refractivity contribution in [3.63, 3.8) is 0 Å². The summed E-state index contributed by atoms with van der Waals surface area (Å²) in [5, 5.41) is 0.589. The molecule has 5 nitrogen and oxygen atoms in total. The van der Waals surface area contributed by atoms with Crippen molar-refractivity contribution >= 4 is 29.7 Å². The van der Waals surface area contributed by atoms with Crippen molar-refractivity contribution in [3.8, 4) is 0 Å². The molecule has 0 fully saturated rings. The fourth-order valence-electron chi connectivity index (χ4n) is 1.50. The van der Waals surface area contributed by atoms with Gasteiger partial charge in [0.1, 0.15) is 6.29 Å². The fraction of sp³-hybridized carbons (Fsp3) is 0.182. The second kappa shape index (κ2) is 4.65. The number of rotatable bonds is 4. The van der Waals surface area contributed by atoms with Gasteiger partial charge in [0.25, 0.3) is 11.8 Å². The summed E-state index contributed by atoms with van der Waals surface area (Å²) in [6.45, 7) is 0. The molecular formula is C11H8ClNO4. The number of hydrogen-bond donors (Lipinski definition) is 0. The summed E-state index contributed by atoms with van der Waals surface area (Å²) in [4.78, 5) is 38.7. The molecule has 1 atom stereocenters. The normalized spacial score (nSPS) is 15.9. The molecule has 88 valence electrons. The summed E-state index contributed by atoms with van der Waals surface area (Å²) >= 11 is 5.63. The third kappa shape index (κ3) is 2.07. The van der Waals surface area contributed by atoms with E-state index in [4.69, 9.17) is 16.4 Å². The lowest BCUT2D eigenvalue weighted by molar-refractivity contribution is -0.122. The van der Waals surface area contributed by atoms with Crippen LogP contribution in [0, 0.1) is 0 Å². The number of hydroxylamine groups is 2. The summed E-state index contributed by atoms with van der Waals surface area (Å²) in [7, 11) is 0. The van der Waals surface area contributed by atoms with Crippen molar-refractivity contribution in [1.29, 1.82) is 0 Å². The Hall–Kier alpha value is -1.72. The van der Waals surface area contributed by atoms with Gasteiger partial charge in [-0.2, -0.15) is 0 Å². The lowest BCUT2D eigenvalue weighted by Gasteiger charge is -2.15. The lowest BCUT2D eigenvalue weighted by Crippen LogP contribution is -2.32. The highest BCUT2D eigenvalue weighted by Crippen LogP contribution is 2.24. The van der Waals surface area contributed by atoms with E-state index < -0.39 is 17.4 Å². The standard InChI is InChI=1S/C11H8ClNO4/c12-9(5-6-14)17-13-10(15)7-3-1-2-4-8(7)11(13)16/h1-4,6,9H,5H2. The minimum Gasteiger partial charge on any atom is -0.303 e. The molecule has 0 spiro atoms. The zero-order valence-electron chi connectivity index (χ0n) is 8.63. The molecule has 1 unspecified atom stereocenters. The molecule has 0 bridgehead atoms. The van der Waals surface area contributed by atoms with Crippen LogP contribution in [0.4, 0.5) is 0 Å². The predicted molar refractivity (Wildman–Crippen MR) is 58.3 cm³/mol. The number of halogens is 1. The van der Waals surface area contributed by atoms with Crippen molar-refractivity contribution in [2.45, 2.75) is 12.0 Å². The van der Waals surface area contributed by atoms with Crippen molar-refractivity contribution in [2.75, 3.05) is 0 Å². The maximum atomic E-state index is 11.8. The molecule has 0 aliphatic carbocycles. The van der Waals surface area contributed by atoms with Crippen molar-refractivity contribution < 1.29 is 19.2 Å². The van der Waals surface area contributed by atoms with Gasteiger partial charge in [-0.1, -0.05) is 23.7 Å². The smallest absolute Gasteiger partial charge is 0.285 e. The molecule has 1 aliphatic rings. The van der Waals surface area contributed by atoms with Gasteiger partial charge in [0, 0.05) is 6.42 Å². The first-order valence-corrected chi connectivity index (χ1v) is 5.31. The van der Waals surface area contributed by atoms with Crippen LogP contribution in [-0.4, -0.2) is 28.7 Å². The highest BCUT2D eigenvalue weighted by Gasteiger charge is 2.37. The van der Waals surface area contributed by atoms with E-state index in [1.165, 1.54) is 12.1 Å². The van der Waals surface area contributed by atoms with Crippen LogP contribution in [0.5, 0.6) is 0 Å². The lowest BCUT2D eigenvalue weighted by atomic mass is 10.1. The molecule has 17 heavy (non-hydrogen) atoms. The Kier molecular flexibility index (Phi) is 3.21. The van der Waals surface area contributed by atoms with Gasteiger partial charge in [-0.25, -0.2) is 4.84 Å². The number of hydrogen-bond acceptors (Lipinski definition) is 4. The average molecular weight is 254 g/mol. The van der Waals surface area contributed by atoms with Crippen molar-refractivity contribution in [2.24, 2.45) is 0 Å². The topological polar surface area (TPSA) is 63.7 Å². The molecule has 6 heteroatoms. The largest absolute Gasteiger partial charge is 0.303 e. The molecular weight excluding hydrogens is 246 g/mol. The number of nitrogens with zero attached hydrogens (tertiary/aromatic N) is 1. The Balaban J connectivity index is 2.21. The number of benzene rings is 1.